The predicted molar refractivity (Wildman–Crippen MR) is 95.8 cm³/mol. The number of hydrogen-bond donors (Lipinski definition) is 2. The number of rotatable bonds is 3. The fourth-order valence-electron chi connectivity index (χ4n) is 3.26. The number of aliphatic carboxylic acids is 1. The highest BCUT2D eigenvalue weighted by Gasteiger charge is 2.39. The molecule has 0 bridgehead atoms. The summed E-state index contributed by atoms with van der Waals surface area (Å²) in [5, 5.41) is 10.7. The number of fused-ring (bicyclic) bond motifs is 1. The van der Waals surface area contributed by atoms with Gasteiger partial charge in [-0.25, -0.2) is 4.79 Å². The molecule has 1 saturated heterocycles. The number of amides is 1. The molecule has 1 aliphatic heterocycles. The lowest BCUT2D eigenvalue weighted by atomic mass is 9.98. The molecule has 0 spiro atoms. The molecule has 3 aromatic rings. The maximum absolute atomic E-state index is 13.0. The molecule has 126 valence electrons. The van der Waals surface area contributed by atoms with E-state index in [4.69, 9.17) is 11.6 Å². The number of H-pyrrole nitrogens is 1. The van der Waals surface area contributed by atoms with Gasteiger partial charge in [0.1, 0.15) is 11.7 Å². The molecule has 6 heteroatoms. The predicted octanol–water partition coefficient (Wildman–Crippen LogP) is 3.79. The van der Waals surface area contributed by atoms with Crippen molar-refractivity contribution in [2.75, 3.05) is 6.54 Å². The SMILES string of the molecule is O=C(O)[C@H]1CCN1C(=O)c1[nH]c2ccc(Cl)cc2c1-c1ccccc1. The molecule has 2 aromatic carbocycles. The van der Waals surface area contributed by atoms with Gasteiger partial charge in [0.15, 0.2) is 0 Å². The minimum atomic E-state index is -0.972. The average molecular weight is 355 g/mol. The summed E-state index contributed by atoms with van der Waals surface area (Å²) < 4.78 is 0. The monoisotopic (exact) mass is 354 g/mol. The van der Waals surface area contributed by atoms with Gasteiger partial charge in [0, 0.05) is 28.0 Å². The van der Waals surface area contributed by atoms with E-state index in [0.717, 1.165) is 22.0 Å². The Kier molecular flexibility index (Phi) is 3.73. The van der Waals surface area contributed by atoms with Crippen LogP contribution in [0.5, 0.6) is 0 Å². The first-order chi connectivity index (χ1) is 12.1. The lowest BCUT2D eigenvalue weighted by molar-refractivity contribution is -0.146. The van der Waals surface area contributed by atoms with Crippen LogP contribution in [-0.4, -0.2) is 39.5 Å². The molecule has 25 heavy (non-hydrogen) atoms. The number of hydrogen-bond acceptors (Lipinski definition) is 2. The van der Waals surface area contributed by atoms with Crippen molar-refractivity contribution in [2.24, 2.45) is 0 Å². The molecule has 1 aliphatic rings. The van der Waals surface area contributed by atoms with Crippen LogP contribution in [0.4, 0.5) is 0 Å². The van der Waals surface area contributed by atoms with Gasteiger partial charge in [-0.05, 0) is 30.2 Å². The number of aromatic amines is 1. The molecule has 1 atom stereocenters. The van der Waals surface area contributed by atoms with Gasteiger partial charge < -0.3 is 15.0 Å². The zero-order valence-electron chi connectivity index (χ0n) is 13.2. The van der Waals surface area contributed by atoms with Crippen LogP contribution in [-0.2, 0) is 4.79 Å². The van der Waals surface area contributed by atoms with E-state index in [9.17, 15) is 14.7 Å². The van der Waals surface area contributed by atoms with Crippen LogP contribution in [0.2, 0.25) is 5.02 Å². The van der Waals surface area contributed by atoms with E-state index >= 15 is 0 Å². The fraction of sp³-hybridized carbons (Fsp3) is 0.158. The Morgan fingerprint density at radius 2 is 1.92 bits per heavy atom. The second-order valence-corrected chi connectivity index (χ2v) is 6.51. The van der Waals surface area contributed by atoms with Gasteiger partial charge in [-0.15, -0.1) is 0 Å². The Morgan fingerprint density at radius 3 is 2.56 bits per heavy atom. The summed E-state index contributed by atoms with van der Waals surface area (Å²) in [7, 11) is 0. The number of halogens is 1. The number of aromatic nitrogens is 1. The van der Waals surface area contributed by atoms with Crippen LogP contribution in [0.15, 0.2) is 48.5 Å². The molecule has 1 aromatic heterocycles. The van der Waals surface area contributed by atoms with Crippen molar-refractivity contribution in [3.63, 3.8) is 0 Å². The summed E-state index contributed by atoms with van der Waals surface area (Å²) in [6.45, 7) is 0.445. The van der Waals surface area contributed by atoms with E-state index in [1.807, 2.05) is 42.5 Å². The van der Waals surface area contributed by atoms with E-state index in [0.29, 0.717) is 23.7 Å². The highest BCUT2D eigenvalue weighted by atomic mass is 35.5. The zero-order chi connectivity index (χ0) is 17.6. The van der Waals surface area contributed by atoms with Gasteiger partial charge >= 0.3 is 5.97 Å². The van der Waals surface area contributed by atoms with E-state index in [-0.39, 0.29) is 5.91 Å². The fourth-order valence-corrected chi connectivity index (χ4v) is 3.43. The lowest BCUT2D eigenvalue weighted by Gasteiger charge is -2.37. The van der Waals surface area contributed by atoms with Gasteiger partial charge in [-0.2, -0.15) is 0 Å². The third kappa shape index (κ3) is 2.57. The van der Waals surface area contributed by atoms with Gasteiger partial charge in [-0.3, -0.25) is 4.79 Å². The summed E-state index contributed by atoms with van der Waals surface area (Å²) in [6.07, 6.45) is 0.480. The van der Waals surface area contributed by atoms with E-state index in [2.05, 4.69) is 4.98 Å². The van der Waals surface area contributed by atoms with E-state index in [1.165, 1.54) is 4.90 Å². The number of carbonyl (C=O) groups is 2. The molecule has 4 rings (SSSR count). The average Bonchev–Trinajstić information content (AvgIpc) is 2.92. The van der Waals surface area contributed by atoms with Crippen molar-refractivity contribution in [3.8, 4) is 11.1 Å². The van der Waals surface area contributed by atoms with Gasteiger partial charge in [0.25, 0.3) is 5.91 Å². The Labute approximate surface area is 148 Å². The molecule has 5 nitrogen and oxygen atoms in total. The topological polar surface area (TPSA) is 73.4 Å². The summed E-state index contributed by atoms with van der Waals surface area (Å²) >= 11 is 6.15. The van der Waals surface area contributed by atoms with E-state index < -0.39 is 12.0 Å². The van der Waals surface area contributed by atoms with Crippen LogP contribution in [0, 0.1) is 0 Å². The first-order valence-electron chi connectivity index (χ1n) is 7.96. The number of carboxylic acid groups (broad SMARTS) is 1. The van der Waals surface area contributed by atoms with Crippen molar-refractivity contribution in [1.82, 2.24) is 9.88 Å². The molecule has 0 radical (unpaired) electrons. The minimum absolute atomic E-state index is 0.301. The first kappa shape index (κ1) is 15.7. The maximum atomic E-state index is 13.0. The molecule has 2 N–H and O–H groups in total. The van der Waals surface area contributed by atoms with Gasteiger partial charge in [-0.1, -0.05) is 41.9 Å². The van der Waals surface area contributed by atoms with Crippen molar-refractivity contribution >= 4 is 34.4 Å². The summed E-state index contributed by atoms with van der Waals surface area (Å²) in [6, 6.07) is 14.2. The third-order valence-electron chi connectivity index (χ3n) is 4.60. The number of nitrogens with zero attached hydrogens (tertiary/aromatic N) is 1. The first-order valence-corrected chi connectivity index (χ1v) is 8.34. The molecule has 0 aliphatic carbocycles. The Balaban J connectivity index is 1.89. The standard InChI is InChI=1S/C19H15ClN2O3/c20-12-6-7-14-13(10-12)16(11-4-2-1-3-5-11)17(21-14)18(23)22-9-8-15(22)19(24)25/h1-7,10,15,21H,8-9H2,(H,24,25)/t15-/m1/s1. The molecule has 0 unspecified atom stereocenters. The Hall–Kier alpha value is -2.79. The number of likely N-dealkylation sites (tertiary alicyclic amines) is 1. The second kappa shape index (κ2) is 5.93. The normalized spacial score (nSPS) is 16.7. The van der Waals surface area contributed by atoms with Crippen molar-refractivity contribution in [3.05, 3.63) is 59.2 Å². The van der Waals surface area contributed by atoms with Crippen LogP contribution in [0.1, 0.15) is 16.9 Å². The smallest absolute Gasteiger partial charge is 0.326 e. The number of carbonyl (C=O) groups excluding carboxylic acids is 1. The molecule has 1 amide bonds. The molecular weight excluding hydrogens is 340 g/mol. The maximum Gasteiger partial charge on any atom is 0.326 e. The van der Waals surface area contributed by atoms with Gasteiger partial charge in [0.2, 0.25) is 0 Å². The van der Waals surface area contributed by atoms with Crippen molar-refractivity contribution in [2.45, 2.75) is 12.5 Å². The lowest BCUT2D eigenvalue weighted by Crippen LogP contribution is -2.55. The molecule has 0 saturated carbocycles. The minimum Gasteiger partial charge on any atom is -0.480 e. The number of nitrogens with one attached hydrogen (secondary N) is 1. The van der Waals surface area contributed by atoms with Crippen LogP contribution < -0.4 is 0 Å². The second-order valence-electron chi connectivity index (χ2n) is 6.07. The van der Waals surface area contributed by atoms with E-state index in [1.54, 1.807) is 6.07 Å². The summed E-state index contributed by atoms with van der Waals surface area (Å²) in [4.78, 5) is 28.8. The van der Waals surface area contributed by atoms with Crippen molar-refractivity contribution < 1.29 is 14.7 Å². The Morgan fingerprint density at radius 1 is 1.16 bits per heavy atom. The van der Waals surface area contributed by atoms with Crippen LogP contribution in [0.25, 0.3) is 22.0 Å². The Bertz CT molecular complexity index is 981. The van der Waals surface area contributed by atoms with Crippen molar-refractivity contribution in [1.29, 1.82) is 0 Å². The largest absolute Gasteiger partial charge is 0.480 e. The summed E-state index contributed by atoms with van der Waals surface area (Å²) in [5.41, 5.74) is 2.82. The highest BCUT2D eigenvalue weighted by molar-refractivity contribution is 6.31. The number of carboxylic acids is 1. The molecule has 2 heterocycles. The molecular formula is C19H15ClN2O3. The van der Waals surface area contributed by atoms with Crippen LogP contribution >= 0.6 is 11.6 Å². The van der Waals surface area contributed by atoms with Gasteiger partial charge in [0.05, 0.1) is 0 Å². The highest BCUT2D eigenvalue weighted by Crippen LogP contribution is 2.35. The zero-order valence-corrected chi connectivity index (χ0v) is 14.0. The third-order valence-corrected chi connectivity index (χ3v) is 4.84. The number of benzene rings is 2. The molecule has 1 fully saturated rings. The van der Waals surface area contributed by atoms with Crippen LogP contribution in [0.3, 0.4) is 0 Å². The quantitative estimate of drug-likeness (QED) is 0.751. The summed E-state index contributed by atoms with van der Waals surface area (Å²) in [5.74, 6) is -1.27.